The molecule has 1 amide bonds. The lowest BCUT2D eigenvalue weighted by Gasteiger charge is -2.05. The van der Waals surface area contributed by atoms with E-state index in [9.17, 15) is 4.79 Å². The molecule has 0 unspecified atom stereocenters. The highest BCUT2D eigenvalue weighted by molar-refractivity contribution is 6.03. The van der Waals surface area contributed by atoms with Gasteiger partial charge in [-0.25, -0.2) is 0 Å². The molecule has 1 heterocycles. The zero-order valence-corrected chi connectivity index (χ0v) is 11.6. The van der Waals surface area contributed by atoms with Crippen LogP contribution in [0.1, 0.15) is 27.9 Å². The SMILES string of the molecule is Cc1cc(C(=O)Nc2cccnn2)ccc1C#CCCO. The van der Waals surface area contributed by atoms with E-state index in [1.54, 1.807) is 36.5 Å². The number of aryl methyl sites for hydroxylation is 1. The van der Waals surface area contributed by atoms with Gasteiger partial charge in [-0.1, -0.05) is 11.8 Å². The molecule has 0 saturated heterocycles. The number of hydrogen-bond acceptors (Lipinski definition) is 4. The van der Waals surface area contributed by atoms with Gasteiger partial charge in [0, 0.05) is 23.7 Å². The molecular weight excluding hydrogens is 266 g/mol. The number of rotatable bonds is 3. The van der Waals surface area contributed by atoms with Crippen molar-refractivity contribution in [1.29, 1.82) is 0 Å². The van der Waals surface area contributed by atoms with Gasteiger partial charge in [-0.05, 0) is 42.8 Å². The first-order valence-electron chi connectivity index (χ1n) is 6.50. The average Bonchev–Trinajstić information content (AvgIpc) is 2.50. The van der Waals surface area contributed by atoms with Crippen LogP contribution >= 0.6 is 0 Å². The minimum atomic E-state index is -0.242. The molecular formula is C16H15N3O2. The van der Waals surface area contributed by atoms with Crippen LogP contribution < -0.4 is 5.32 Å². The van der Waals surface area contributed by atoms with E-state index in [2.05, 4.69) is 27.4 Å². The molecule has 0 aliphatic heterocycles. The van der Waals surface area contributed by atoms with Crippen LogP contribution in [-0.2, 0) is 0 Å². The van der Waals surface area contributed by atoms with Crippen molar-refractivity contribution >= 4 is 11.7 Å². The van der Waals surface area contributed by atoms with Crippen LogP contribution in [0.4, 0.5) is 5.82 Å². The van der Waals surface area contributed by atoms with Crippen LogP contribution in [0.5, 0.6) is 0 Å². The molecule has 0 saturated carbocycles. The minimum absolute atomic E-state index is 0.0463. The summed E-state index contributed by atoms with van der Waals surface area (Å²) in [5.41, 5.74) is 2.29. The Morgan fingerprint density at radius 2 is 2.24 bits per heavy atom. The van der Waals surface area contributed by atoms with Gasteiger partial charge in [0.05, 0.1) is 6.61 Å². The summed E-state index contributed by atoms with van der Waals surface area (Å²) >= 11 is 0. The second kappa shape index (κ2) is 7.17. The smallest absolute Gasteiger partial charge is 0.256 e. The van der Waals surface area contributed by atoms with Crippen LogP contribution in [0.2, 0.25) is 0 Å². The molecule has 2 rings (SSSR count). The summed E-state index contributed by atoms with van der Waals surface area (Å²) < 4.78 is 0. The van der Waals surface area contributed by atoms with E-state index in [4.69, 9.17) is 5.11 Å². The monoisotopic (exact) mass is 281 g/mol. The lowest BCUT2D eigenvalue weighted by atomic mass is 10.0. The Balaban J connectivity index is 2.13. The molecule has 21 heavy (non-hydrogen) atoms. The number of aliphatic hydroxyl groups is 1. The predicted octanol–water partition coefficient (Wildman–Crippen LogP) is 1.77. The Morgan fingerprint density at radius 1 is 1.38 bits per heavy atom. The molecule has 0 atom stereocenters. The van der Waals surface area contributed by atoms with Crippen LogP contribution in [0.25, 0.3) is 0 Å². The second-order valence-corrected chi connectivity index (χ2v) is 4.37. The summed E-state index contributed by atoms with van der Waals surface area (Å²) in [6.07, 6.45) is 1.98. The van der Waals surface area contributed by atoms with E-state index >= 15 is 0 Å². The Labute approximate surface area is 123 Å². The first-order valence-corrected chi connectivity index (χ1v) is 6.50. The summed E-state index contributed by atoms with van der Waals surface area (Å²) in [6.45, 7) is 1.94. The number of carbonyl (C=O) groups excluding carboxylic acids is 1. The standard InChI is InChI=1S/C16H15N3O2/c1-12-11-14(8-7-13(12)5-2-3-10-20)16(21)18-15-6-4-9-17-19-15/h4,6-9,11,20H,3,10H2,1H3,(H,18,19,21). The number of hydrogen-bond donors (Lipinski definition) is 2. The molecule has 1 aromatic carbocycles. The molecule has 0 aliphatic rings. The quantitative estimate of drug-likeness (QED) is 0.841. The Bertz CT molecular complexity index is 688. The zero-order chi connectivity index (χ0) is 15.1. The van der Waals surface area contributed by atoms with Crippen molar-refractivity contribution < 1.29 is 9.90 Å². The number of aromatic nitrogens is 2. The number of carbonyl (C=O) groups is 1. The molecule has 0 fully saturated rings. The van der Waals surface area contributed by atoms with Gasteiger partial charge in [-0.2, -0.15) is 5.10 Å². The van der Waals surface area contributed by atoms with Gasteiger partial charge in [0.1, 0.15) is 0 Å². The molecule has 2 N–H and O–H groups in total. The predicted molar refractivity (Wildman–Crippen MR) is 79.7 cm³/mol. The molecule has 5 nitrogen and oxygen atoms in total. The highest BCUT2D eigenvalue weighted by atomic mass is 16.2. The molecule has 1 aromatic heterocycles. The number of anilines is 1. The first-order chi connectivity index (χ1) is 10.2. The van der Waals surface area contributed by atoms with E-state index in [1.807, 2.05) is 6.92 Å². The molecule has 106 valence electrons. The van der Waals surface area contributed by atoms with Crippen molar-refractivity contribution in [3.8, 4) is 11.8 Å². The van der Waals surface area contributed by atoms with Crippen molar-refractivity contribution in [2.24, 2.45) is 0 Å². The molecule has 0 aliphatic carbocycles. The maximum atomic E-state index is 12.1. The van der Waals surface area contributed by atoms with E-state index in [0.717, 1.165) is 11.1 Å². The van der Waals surface area contributed by atoms with Gasteiger partial charge in [0.15, 0.2) is 5.82 Å². The van der Waals surface area contributed by atoms with Crippen LogP contribution in [-0.4, -0.2) is 27.8 Å². The zero-order valence-electron chi connectivity index (χ0n) is 11.6. The molecule has 2 aromatic rings. The average molecular weight is 281 g/mol. The molecule has 5 heteroatoms. The highest BCUT2D eigenvalue weighted by Crippen LogP contribution is 2.12. The molecule has 0 radical (unpaired) electrons. The maximum absolute atomic E-state index is 12.1. The summed E-state index contributed by atoms with van der Waals surface area (Å²) in [7, 11) is 0. The Kier molecular flexibility index (Phi) is 5.02. The number of nitrogens with one attached hydrogen (secondary N) is 1. The lowest BCUT2D eigenvalue weighted by Crippen LogP contribution is -2.13. The van der Waals surface area contributed by atoms with Crippen LogP contribution in [0.15, 0.2) is 36.5 Å². The normalized spacial score (nSPS) is 9.62. The van der Waals surface area contributed by atoms with Gasteiger partial charge in [-0.3, -0.25) is 4.79 Å². The van der Waals surface area contributed by atoms with Crippen molar-refractivity contribution in [2.45, 2.75) is 13.3 Å². The van der Waals surface area contributed by atoms with E-state index in [1.165, 1.54) is 0 Å². The summed E-state index contributed by atoms with van der Waals surface area (Å²) in [6, 6.07) is 8.65. The van der Waals surface area contributed by atoms with Crippen molar-refractivity contribution in [3.63, 3.8) is 0 Å². The fraction of sp³-hybridized carbons (Fsp3) is 0.188. The lowest BCUT2D eigenvalue weighted by molar-refractivity contribution is 0.102. The van der Waals surface area contributed by atoms with E-state index in [-0.39, 0.29) is 12.5 Å². The first kappa shape index (κ1) is 14.7. The van der Waals surface area contributed by atoms with Crippen molar-refractivity contribution in [3.05, 3.63) is 53.2 Å². The molecule has 0 bridgehead atoms. The van der Waals surface area contributed by atoms with Gasteiger partial charge in [0.25, 0.3) is 5.91 Å². The minimum Gasteiger partial charge on any atom is -0.395 e. The number of benzene rings is 1. The van der Waals surface area contributed by atoms with E-state index < -0.39 is 0 Å². The van der Waals surface area contributed by atoms with Gasteiger partial charge in [-0.15, -0.1) is 5.10 Å². The second-order valence-electron chi connectivity index (χ2n) is 4.37. The van der Waals surface area contributed by atoms with Gasteiger partial charge in [0.2, 0.25) is 0 Å². The fourth-order valence-corrected chi connectivity index (χ4v) is 1.72. The van der Waals surface area contributed by atoms with Crippen LogP contribution in [0, 0.1) is 18.8 Å². The van der Waals surface area contributed by atoms with Crippen molar-refractivity contribution in [2.75, 3.05) is 11.9 Å². The van der Waals surface area contributed by atoms with Gasteiger partial charge >= 0.3 is 0 Å². The topological polar surface area (TPSA) is 75.1 Å². The maximum Gasteiger partial charge on any atom is 0.256 e. The summed E-state index contributed by atoms with van der Waals surface area (Å²) in [5.74, 6) is 5.99. The third kappa shape index (κ3) is 4.13. The number of aliphatic hydroxyl groups excluding tert-OH is 1. The number of nitrogens with zero attached hydrogens (tertiary/aromatic N) is 2. The Morgan fingerprint density at radius 3 is 2.90 bits per heavy atom. The van der Waals surface area contributed by atoms with Crippen molar-refractivity contribution in [1.82, 2.24) is 10.2 Å². The third-order valence-corrected chi connectivity index (χ3v) is 2.76. The van der Waals surface area contributed by atoms with Gasteiger partial charge < -0.3 is 10.4 Å². The Hall–Kier alpha value is -2.71. The molecule has 0 spiro atoms. The fourth-order valence-electron chi connectivity index (χ4n) is 1.72. The van der Waals surface area contributed by atoms with Crippen LogP contribution in [0.3, 0.4) is 0 Å². The third-order valence-electron chi connectivity index (χ3n) is 2.76. The van der Waals surface area contributed by atoms with E-state index in [0.29, 0.717) is 17.8 Å². The summed E-state index contributed by atoms with van der Waals surface area (Å²) in [4.78, 5) is 12.1. The number of amides is 1. The largest absolute Gasteiger partial charge is 0.395 e. The highest BCUT2D eigenvalue weighted by Gasteiger charge is 2.08. The summed E-state index contributed by atoms with van der Waals surface area (Å²) in [5, 5.41) is 18.9.